The summed E-state index contributed by atoms with van der Waals surface area (Å²) in [7, 11) is 0. The van der Waals surface area contributed by atoms with Crippen LogP contribution in [0.25, 0.3) is 11.9 Å². The van der Waals surface area contributed by atoms with Crippen molar-refractivity contribution < 1.29 is 9.53 Å². The summed E-state index contributed by atoms with van der Waals surface area (Å²) >= 11 is 0. The Labute approximate surface area is 251 Å². The molecule has 0 radical (unpaired) electrons. The van der Waals surface area contributed by atoms with Crippen LogP contribution in [-0.4, -0.2) is 69.9 Å². The van der Waals surface area contributed by atoms with Crippen LogP contribution in [0, 0.1) is 6.92 Å². The Morgan fingerprint density at radius 1 is 1.07 bits per heavy atom. The van der Waals surface area contributed by atoms with Gasteiger partial charge in [0.25, 0.3) is 0 Å². The Balaban J connectivity index is 0.000000306. The lowest BCUT2D eigenvalue weighted by atomic mass is 9.97. The first kappa shape index (κ1) is 32.9. The van der Waals surface area contributed by atoms with Crippen molar-refractivity contribution in [1.29, 1.82) is 0 Å². The molecule has 1 N–H and O–H groups in total. The zero-order valence-electron chi connectivity index (χ0n) is 25.9. The lowest BCUT2D eigenvalue weighted by molar-refractivity contribution is -0.105. The third-order valence-corrected chi connectivity index (χ3v) is 6.93. The Morgan fingerprint density at radius 3 is 2.64 bits per heavy atom. The molecule has 0 aliphatic carbocycles. The molecule has 0 bridgehead atoms. The second kappa shape index (κ2) is 18.8. The number of hydrogen-bond acceptors (Lipinski definition) is 6. The summed E-state index contributed by atoms with van der Waals surface area (Å²) in [4.78, 5) is 17.8. The Bertz CT molecular complexity index is 1200. The highest BCUT2D eigenvalue weighted by atomic mass is 16.5. The Kier molecular flexibility index (Phi) is 14.7. The number of aromatic nitrogens is 4. The van der Waals surface area contributed by atoms with Gasteiger partial charge in [0.1, 0.15) is 5.82 Å². The zero-order chi connectivity index (χ0) is 30.0. The third-order valence-electron chi connectivity index (χ3n) is 6.93. The van der Waals surface area contributed by atoms with Crippen molar-refractivity contribution in [2.24, 2.45) is 4.99 Å². The number of aliphatic imine (C=N–C) groups is 1. The first-order valence-electron chi connectivity index (χ1n) is 15.5. The molecule has 9 heteroatoms. The third kappa shape index (κ3) is 10.7. The van der Waals surface area contributed by atoms with E-state index in [1.54, 1.807) is 10.9 Å². The van der Waals surface area contributed by atoms with Crippen molar-refractivity contribution >= 4 is 30.5 Å². The van der Waals surface area contributed by atoms with E-state index in [9.17, 15) is 4.79 Å². The van der Waals surface area contributed by atoms with Gasteiger partial charge in [0.15, 0.2) is 5.82 Å². The molecular weight excluding hydrogens is 526 g/mol. The van der Waals surface area contributed by atoms with Crippen LogP contribution in [-0.2, 0) is 9.53 Å². The second-order valence-corrected chi connectivity index (χ2v) is 10.7. The predicted molar refractivity (Wildman–Crippen MR) is 173 cm³/mol. The number of rotatable bonds is 10. The van der Waals surface area contributed by atoms with E-state index in [2.05, 4.69) is 60.1 Å². The standard InChI is InChI=1S/C23H34N4O2.C7H7N3.C3H8/c1-3-15-29-16-5-13-26-12-4-6-20(11-14-26)22-17-23(24-18-28)27(25-22)21-9-7-19(2)8-10-21;1-2-6-10-7(8-4-1)3-5-9-10;1-3-2/h7-10,17-18,20H,3-6,11-16H2,1-2H3,(H,24,28);2-6H,1H2;3H2,1-2H3. The average Bonchev–Trinajstić information content (AvgIpc) is 3.46. The van der Waals surface area contributed by atoms with Crippen LogP contribution in [0.15, 0.2) is 53.7 Å². The monoisotopic (exact) mass is 575 g/mol. The van der Waals surface area contributed by atoms with Gasteiger partial charge in [-0.1, -0.05) is 51.0 Å². The van der Waals surface area contributed by atoms with Gasteiger partial charge in [-0.2, -0.15) is 10.2 Å². The number of anilines is 1. The van der Waals surface area contributed by atoms with E-state index in [0.717, 1.165) is 94.4 Å². The maximum absolute atomic E-state index is 11.1. The SMILES string of the molecule is C1=Cn2nccc2N=CC1.CCC.CCCOCCCN1CCCC(c2cc(NC=O)n(-c3ccc(C)cc3)n2)CC1. The predicted octanol–water partition coefficient (Wildman–Crippen LogP) is 7.01. The van der Waals surface area contributed by atoms with E-state index in [1.807, 2.05) is 47.4 Å². The number of allylic oxidation sites excluding steroid dienone is 1. The largest absolute Gasteiger partial charge is 0.381 e. The number of likely N-dealkylation sites (tertiary alicyclic amines) is 1. The van der Waals surface area contributed by atoms with E-state index >= 15 is 0 Å². The topological polar surface area (TPSA) is 89.6 Å². The van der Waals surface area contributed by atoms with Gasteiger partial charge < -0.3 is 15.0 Å². The summed E-state index contributed by atoms with van der Waals surface area (Å²) in [5, 5.41) is 11.7. The molecule has 2 aromatic heterocycles. The second-order valence-electron chi connectivity index (χ2n) is 10.7. The highest BCUT2D eigenvalue weighted by Crippen LogP contribution is 2.30. The van der Waals surface area contributed by atoms with Crippen LogP contribution in [0.1, 0.15) is 82.9 Å². The van der Waals surface area contributed by atoms with E-state index in [4.69, 9.17) is 9.84 Å². The minimum absolute atomic E-state index is 0.426. The summed E-state index contributed by atoms with van der Waals surface area (Å²) < 4.78 is 9.21. The van der Waals surface area contributed by atoms with E-state index < -0.39 is 0 Å². The van der Waals surface area contributed by atoms with E-state index in [0.29, 0.717) is 5.92 Å². The summed E-state index contributed by atoms with van der Waals surface area (Å²) in [5.74, 6) is 2.05. The number of carbonyl (C=O) groups excluding carboxylic acids is 1. The van der Waals surface area contributed by atoms with Crippen molar-refractivity contribution in [1.82, 2.24) is 24.5 Å². The molecule has 9 nitrogen and oxygen atoms in total. The number of nitrogens with zero attached hydrogens (tertiary/aromatic N) is 6. The smallest absolute Gasteiger partial charge is 0.212 e. The maximum Gasteiger partial charge on any atom is 0.212 e. The maximum atomic E-state index is 11.1. The molecule has 42 heavy (non-hydrogen) atoms. The molecule has 4 heterocycles. The zero-order valence-corrected chi connectivity index (χ0v) is 25.9. The number of ether oxygens (including phenoxy) is 1. The van der Waals surface area contributed by atoms with Gasteiger partial charge in [-0.05, 0) is 64.3 Å². The van der Waals surface area contributed by atoms with Crippen LogP contribution in [0.2, 0.25) is 0 Å². The molecule has 1 amide bonds. The van der Waals surface area contributed by atoms with Gasteiger partial charge in [0.05, 0.1) is 17.6 Å². The van der Waals surface area contributed by atoms with Crippen LogP contribution in [0.3, 0.4) is 0 Å². The van der Waals surface area contributed by atoms with Crippen LogP contribution < -0.4 is 5.32 Å². The first-order chi connectivity index (χ1) is 20.6. The highest BCUT2D eigenvalue weighted by molar-refractivity contribution is 5.70. The van der Waals surface area contributed by atoms with Gasteiger partial charge in [-0.3, -0.25) is 4.79 Å². The fraction of sp³-hybridized carbons (Fsp3) is 0.515. The Morgan fingerprint density at radius 2 is 1.88 bits per heavy atom. The van der Waals surface area contributed by atoms with E-state index in [1.165, 1.54) is 18.4 Å². The molecule has 3 aromatic rings. The molecule has 0 spiro atoms. The van der Waals surface area contributed by atoms with Gasteiger partial charge >= 0.3 is 0 Å². The summed E-state index contributed by atoms with van der Waals surface area (Å²) in [6.45, 7) is 13.5. The van der Waals surface area contributed by atoms with Crippen molar-refractivity contribution in [3.05, 3.63) is 59.9 Å². The van der Waals surface area contributed by atoms with Crippen LogP contribution >= 0.6 is 0 Å². The average molecular weight is 576 g/mol. The summed E-state index contributed by atoms with van der Waals surface area (Å²) in [6.07, 6.45) is 16.0. The number of benzene rings is 1. The van der Waals surface area contributed by atoms with Crippen molar-refractivity contribution in [3.8, 4) is 5.69 Å². The van der Waals surface area contributed by atoms with E-state index in [-0.39, 0.29) is 0 Å². The lowest BCUT2D eigenvalue weighted by Gasteiger charge is -2.19. The van der Waals surface area contributed by atoms with Crippen molar-refractivity contribution in [2.45, 2.75) is 78.6 Å². The highest BCUT2D eigenvalue weighted by Gasteiger charge is 2.22. The molecule has 1 atom stereocenters. The Hall–Kier alpha value is -3.56. The van der Waals surface area contributed by atoms with Crippen LogP contribution in [0.4, 0.5) is 11.6 Å². The van der Waals surface area contributed by atoms with Gasteiger partial charge in [0.2, 0.25) is 6.41 Å². The first-order valence-corrected chi connectivity index (χ1v) is 15.5. The number of aryl methyl sites for hydroxylation is 1. The normalized spacial score (nSPS) is 16.2. The quantitative estimate of drug-likeness (QED) is 0.207. The minimum Gasteiger partial charge on any atom is -0.381 e. The number of amides is 1. The molecule has 1 saturated heterocycles. The van der Waals surface area contributed by atoms with Crippen LogP contribution in [0.5, 0.6) is 0 Å². The molecule has 228 valence electrons. The number of fused-ring (bicyclic) bond motifs is 1. The molecular formula is C33H49N7O2. The molecule has 1 unspecified atom stereocenters. The summed E-state index contributed by atoms with van der Waals surface area (Å²) in [5.41, 5.74) is 3.24. The fourth-order valence-corrected chi connectivity index (χ4v) is 4.85. The lowest BCUT2D eigenvalue weighted by Crippen LogP contribution is -2.26. The molecule has 1 fully saturated rings. The molecule has 0 saturated carbocycles. The summed E-state index contributed by atoms with van der Waals surface area (Å²) in [6, 6.07) is 12.1. The fourth-order valence-electron chi connectivity index (χ4n) is 4.85. The molecule has 1 aromatic carbocycles. The number of hydrogen-bond donors (Lipinski definition) is 1. The minimum atomic E-state index is 0.426. The number of carbonyl (C=O) groups is 1. The van der Waals surface area contributed by atoms with Crippen molar-refractivity contribution in [2.75, 3.05) is 38.2 Å². The van der Waals surface area contributed by atoms with Gasteiger partial charge in [0, 0.05) is 56.6 Å². The molecule has 2 aliphatic heterocycles. The molecule has 5 rings (SSSR count). The molecule has 2 aliphatic rings. The van der Waals surface area contributed by atoms with Gasteiger partial charge in [-0.25, -0.2) is 14.4 Å². The number of nitrogens with one attached hydrogen (secondary N) is 1. The van der Waals surface area contributed by atoms with Crippen molar-refractivity contribution in [3.63, 3.8) is 0 Å². The van der Waals surface area contributed by atoms with Gasteiger partial charge in [-0.15, -0.1) is 0 Å².